The van der Waals surface area contributed by atoms with Crippen molar-refractivity contribution >= 4 is 32.4 Å². The fraction of sp³-hybridized carbons (Fsp3) is 0.273. The van der Waals surface area contributed by atoms with Gasteiger partial charge in [0.15, 0.2) is 0 Å². The van der Waals surface area contributed by atoms with Gasteiger partial charge in [0.2, 0.25) is 0 Å². The average Bonchev–Trinajstić information content (AvgIpc) is 3.50. The van der Waals surface area contributed by atoms with Gasteiger partial charge in [-0.05, 0) is 37.1 Å². The highest BCUT2D eigenvalue weighted by Crippen LogP contribution is 2.38. The largest absolute Gasteiger partial charge is 0.372 e. The number of benzene rings is 1. The molecule has 0 saturated carbocycles. The van der Waals surface area contributed by atoms with E-state index in [9.17, 15) is 8.42 Å². The number of sulfonamides is 1. The molecule has 0 unspecified atom stereocenters. The van der Waals surface area contributed by atoms with Crippen LogP contribution in [0.2, 0.25) is 0 Å². The van der Waals surface area contributed by atoms with E-state index in [1.807, 2.05) is 6.07 Å². The molecule has 1 saturated heterocycles. The molecule has 166 valence electrons. The zero-order valence-electron chi connectivity index (χ0n) is 17.8. The number of nitrogens with zero attached hydrogens (tertiary/aromatic N) is 5. The SMILES string of the molecule is Cn1cc(S(=O)(=O)Nc2ccnc3c2c(-c2cc(N4CCCC4)ccc2F)cn3C)cn1. The zero-order chi connectivity index (χ0) is 22.5. The number of aryl methyl sites for hydroxylation is 2. The number of nitrogens with one attached hydrogen (secondary N) is 1. The number of hydrogen-bond donors (Lipinski definition) is 1. The van der Waals surface area contributed by atoms with E-state index in [0.717, 1.165) is 31.6 Å². The Bertz CT molecular complexity index is 1420. The van der Waals surface area contributed by atoms with E-state index >= 15 is 4.39 Å². The van der Waals surface area contributed by atoms with E-state index in [1.54, 1.807) is 37.0 Å². The Hall–Kier alpha value is -3.40. The lowest BCUT2D eigenvalue weighted by atomic mass is 10.0. The maximum atomic E-state index is 15.0. The molecular weight excluding hydrogens is 431 g/mol. The molecule has 4 aromatic rings. The van der Waals surface area contributed by atoms with E-state index in [4.69, 9.17) is 0 Å². The number of rotatable bonds is 5. The van der Waals surface area contributed by atoms with E-state index in [0.29, 0.717) is 27.8 Å². The van der Waals surface area contributed by atoms with Crippen LogP contribution < -0.4 is 9.62 Å². The van der Waals surface area contributed by atoms with Gasteiger partial charge in [-0.15, -0.1) is 0 Å². The third kappa shape index (κ3) is 3.50. The Kier molecular flexibility index (Phi) is 4.89. The van der Waals surface area contributed by atoms with Gasteiger partial charge in [-0.2, -0.15) is 5.10 Å². The highest BCUT2D eigenvalue weighted by molar-refractivity contribution is 7.92. The molecule has 1 N–H and O–H groups in total. The molecule has 1 aliphatic heterocycles. The van der Waals surface area contributed by atoms with Crippen LogP contribution in [-0.4, -0.2) is 40.8 Å². The second-order valence-corrected chi connectivity index (χ2v) is 9.71. The summed E-state index contributed by atoms with van der Waals surface area (Å²) in [4.78, 5) is 6.68. The van der Waals surface area contributed by atoms with E-state index in [2.05, 4.69) is 19.7 Å². The van der Waals surface area contributed by atoms with Crippen LogP contribution in [0.15, 0.2) is 53.9 Å². The van der Waals surface area contributed by atoms with Crippen molar-refractivity contribution < 1.29 is 12.8 Å². The molecule has 0 radical (unpaired) electrons. The fourth-order valence-electron chi connectivity index (χ4n) is 4.23. The number of aromatic nitrogens is 4. The molecule has 0 atom stereocenters. The van der Waals surface area contributed by atoms with E-state index < -0.39 is 10.0 Å². The van der Waals surface area contributed by atoms with Gasteiger partial charge < -0.3 is 9.47 Å². The van der Waals surface area contributed by atoms with Crippen LogP contribution in [0.5, 0.6) is 0 Å². The van der Waals surface area contributed by atoms with Gasteiger partial charge in [-0.1, -0.05) is 0 Å². The predicted molar refractivity (Wildman–Crippen MR) is 122 cm³/mol. The van der Waals surface area contributed by atoms with Crippen molar-refractivity contribution in [1.82, 2.24) is 19.3 Å². The van der Waals surface area contributed by atoms with Crippen LogP contribution >= 0.6 is 0 Å². The molecule has 0 aliphatic carbocycles. The van der Waals surface area contributed by atoms with Crippen molar-refractivity contribution in [3.8, 4) is 11.1 Å². The first-order valence-electron chi connectivity index (χ1n) is 10.3. The third-order valence-electron chi connectivity index (χ3n) is 5.80. The summed E-state index contributed by atoms with van der Waals surface area (Å²) < 4.78 is 46.7. The maximum Gasteiger partial charge on any atom is 0.265 e. The smallest absolute Gasteiger partial charge is 0.265 e. The Labute approximate surface area is 185 Å². The minimum Gasteiger partial charge on any atom is -0.372 e. The quantitative estimate of drug-likeness (QED) is 0.499. The second-order valence-electron chi connectivity index (χ2n) is 8.02. The Morgan fingerprint density at radius 1 is 1.06 bits per heavy atom. The van der Waals surface area contributed by atoms with Crippen LogP contribution in [0.4, 0.5) is 15.8 Å². The summed E-state index contributed by atoms with van der Waals surface area (Å²) in [6.45, 7) is 1.89. The summed E-state index contributed by atoms with van der Waals surface area (Å²) in [6, 6.07) is 6.68. The van der Waals surface area contributed by atoms with Crippen LogP contribution in [0, 0.1) is 5.82 Å². The summed E-state index contributed by atoms with van der Waals surface area (Å²) in [7, 11) is -0.423. The summed E-state index contributed by atoms with van der Waals surface area (Å²) in [5, 5.41) is 4.48. The number of halogens is 1. The number of fused-ring (bicyclic) bond motifs is 1. The molecule has 3 aromatic heterocycles. The van der Waals surface area contributed by atoms with Crippen LogP contribution in [0.1, 0.15) is 12.8 Å². The van der Waals surface area contributed by atoms with Gasteiger partial charge in [0.1, 0.15) is 16.4 Å². The minimum atomic E-state index is -3.88. The van der Waals surface area contributed by atoms with Gasteiger partial charge >= 0.3 is 0 Å². The molecule has 8 nitrogen and oxygen atoms in total. The first-order chi connectivity index (χ1) is 15.3. The van der Waals surface area contributed by atoms with Crippen molar-refractivity contribution in [1.29, 1.82) is 0 Å². The molecule has 10 heteroatoms. The molecule has 0 spiro atoms. The van der Waals surface area contributed by atoms with Gasteiger partial charge in [0.05, 0.1) is 17.3 Å². The number of hydrogen-bond acceptors (Lipinski definition) is 5. The molecule has 0 amide bonds. The normalized spacial score (nSPS) is 14.4. The maximum absolute atomic E-state index is 15.0. The highest BCUT2D eigenvalue weighted by Gasteiger charge is 2.23. The molecule has 1 fully saturated rings. The van der Waals surface area contributed by atoms with Crippen LogP contribution in [0.3, 0.4) is 0 Å². The topological polar surface area (TPSA) is 85.0 Å². The van der Waals surface area contributed by atoms with Crippen molar-refractivity contribution in [2.45, 2.75) is 17.7 Å². The van der Waals surface area contributed by atoms with Gasteiger partial charge in [0.25, 0.3) is 10.0 Å². The Balaban J connectivity index is 1.65. The first-order valence-corrected chi connectivity index (χ1v) is 11.8. The third-order valence-corrected chi connectivity index (χ3v) is 7.12. The van der Waals surface area contributed by atoms with Crippen molar-refractivity contribution in [2.75, 3.05) is 22.7 Å². The number of anilines is 2. The predicted octanol–water partition coefficient (Wildman–Crippen LogP) is 3.51. The van der Waals surface area contributed by atoms with Crippen LogP contribution in [-0.2, 0) is 24.1 Å². The second kappa shape index (κ2) is 7.63. The molecular formula is C22H23FN6O2S. The lowest BCUT2D eigenvalue weighted by molar-refractivity contribution is 0.601. The summed E-state index contributed by atoms with van der Waals surface area (Å²) in [6.07, 6.45) is 8.25. The van der Waals surface area contributed by atoms with E-state index in [-0.39, 0.29) is 10.7 Å². The number of pyridine rings is 1. The van der Waals surface area contributed by atoms with Gasteiger partial charge in [-0.25, -0.2) is 17.8 Å². The molecule has 1 aliphatic rings. The summed E-state index contributed by atoms with van der Waals surface area (Å²) in [5.41, 5.74) is 2.84. The van der Waals surface area contributed by atoms with Crippen molar-refractivity contribution in [3.05, 3.63) is 54.9 Å². The van der Waals surface area contributed by atoms with Gasteiger partial charge in [-0.3, -0.25) is 9.40 Å². The van der Waals surface area contributed by atoms with Gasteiger partial charge in [0, 0.05) is 62.6 Å². The molecule has 5 rings (SSSR count). The van der Waals surface area contributed by atoms with Crippen LogP contribution in [0.25, 0.3) is 22.2 Å². The highest BCUT2D eigenvalue weighted by atomic mass is 32.2. The molecule has 1 aromatic carbocycles. The molecule has 32 heavy (non-hydrogen) atoms. The fourth-order valence-corrected chi connectivity index (χ4v) is 5.28. The minimum absolute atomic E-state index is 0.0460. The zero-order valence-corrected chi connectivity index (χ0v) is 18.6. The van der Waals surface area contributed by atoms with E-state index in [1.165, 1.54) is 29.3 Å². The van der Waals surface area contributed by atoms with Crippen molar-refractivity contribution in [3.63, 3.8) is 0 Å². The molecule has 4 heterocycles. The summed E-state index contributed by atoms with van der Waals surface area (Å²) in [5.74, 6) is -0.370. The Morgan fingerprint density at radius 3 is 2.56 bits per heavy atom. The lowest BCUT2D eigenvalue weighted by Gasteiger charge is -2.19. The lowest BCUT2D eigenvalue weighted by Crippen LogP contribution is -2.17. The standard InChI is InChI=1S/C22H23FN6O2S/c1-27-14-18(17-11-15(5-6-19(17)23)29-9-3-4-10-29)21-20(7-8-24-22(21)27)26-32(30,31)16-12-25-28(2)13-16/h5-8,11-14H,3-4,9-10H2,1-2H3,(H,24,26). The van der Waals surface area contributed by atoms with Crippen molar-refractivity contribution in [2.24, 2.45) is 14.1 Å². The first kappa shape index (κ1) is 20.5. The molecule has 0 bridgehead atoms. The monoisotopic (exact) mass is 454 g/mol. The summed E-state index contributed by atoms with van der Waals surface area (Å²) >= 11 is 0. The average molecular weight is 455 g/mol. The Morgan fingerprint density at radius 2 is 1.84 bits per heavy atom.